The van der Waals surface area contributed by atoms with E-state index < -0.39 is 33.2 Å². The Bertz CT molecular complexity index is 902. The fourth-order valence-corrected chi connectivity index (χ4v) is 7.79. The molecule has 9 nitrogen and oxygen atoms in total. The summed E-state index contributed by atoms with van der Waals surface area (Å²) in [4.78, 5) is 22.6. The third-order valence-electron chi connectivity index (χ3n) is 10.7. The number of aliphatic hydroxyl groups is 2. The van der Waals surface area contributed by atoms with Crippen molar-refractivity contribution in [2.75, 3.05) is 33.0 Å². The molecule has 0 aliphatic carbocycles. The lowest BCUT2D eigenvalue weighted by molar-refractivity contribution is -0.154. The van der Waals surface area contributed by atoms with Crippen LogP contribution in [0.2, 0.25) is 0 Å². The Hall–Kier alpha value is -0.800. The van der Waals surface area contributed by atoms with Gasteiger partial charge in [0.1, 0.15) is 12.2 Å². The molecule has 340 valence electrons. The number of unbranched alkanes of at least 4 members (excludes halogenated alkanes) is 31. The van der Waals surface area contributed by atoms with Crippen molar-refractivity contribution >= 4 is 13.8 Å². The highest BCUT2D eigenvalue weighted by Gasteiger charge is 2.26. The SMILES string of the molecule is CCCCCCCCC/C=C\CCCCCCCC(=O)OC(COCCCCCCCCCCCCCCCCCCCCCC)COP(=O)(O)OCC(O)CO. The number of ether oxygens (including phenoxy) is 2. The predicted octanol–water partition coefficient (Wildman–Crippen LogP) is 13.7. The van der Waals surface area contributed by atoms with Crippen molar-refractivity contribution < 1.29 is 43.0 Å². The van der Waals surface area contributed by atoms with Crippen LogP contribution in [0.1, 0.15) is 239 Å². The number of esters is 1. The van der Waals surface area contributed by atoms with Crippen LogP contribution in [0.5, 0.6) is 0 Å². The molecule has 0 radical (unpaired) electrons. The van der Waals surface area contributed by atoms with E-state index in [1.54, 1.807) is 0 Å². The largest absolute Gasteiger partial charge is 0.472 e. The molecule has 3 unspecified atom stereocenters. The van der Waals surface area contributed by atoms with Gasteiger partial charge < -0.3 is 24.6 Å². The lowest BCUT2D eigenvalue weighted by Crippen LogP contribution is -2.29. The van der Waals surface area contributed by atoms with Crippen molar-refractivity contribution in [2.24, 2.45) is 0 Å². The van der Waals surface area contributed by atoms with Crippen molar-refractivity contribution in [2.45, 2.75) is 251 Å². The summed E-state index contributed by atoms with van der Waals surface area (Å²) in [5.41, 5.74) is 0. The highest BCUT2D eigenvalue weighted by Crippen LogP contribution is 2.43. The molecule has 0 aliphatic rings. The Morgan fingerprint density at radius 1 is 0.526 bits per heavy atom. The third kappa shape index (κ3) is 44.6. The number of phosphoric acid groups is 1. The molecule has 0 heterocycles. The number of hydrogen-bond acceptors (Lipinski definition) is 8. The van der Waals surface area contributed by atoms with E-state index in [0.717, 1.165) is 51.4 Å². The van der Waals surface area contributed by atoms with Gasteiger partial charge in [0.05, 0.1) is 26.4 Å². The molecule has 0 amide bonds. The summed E-state index contributed by atoms with van der Waals surface area (Å²) < 4.78 is 33.5. The zero-order valence-corrected chi connectivity index (χ0v) is 38.2. The van der Waals surface area contributed by atoms with Crippen LogP contribution in [-0.2, 0) is 27.9 Å². The molecule has 0 saturated heterocycles. The molecular formula is C47H93O9P. The van der Waals surface area contributed by atoms with Gasteiger partial charge in [0, 0.05) is 13.0 Å². The molecule has 3 N–H and O–H groups in total. The fraction of sp³-hybridized carbons (Fsp3) is 0.936. The van der Waals surface area contributed by atoms with Gasteiger partial charge in [-0.05, 0) is 38.5 Å². The minimum Gasteiger partial charge on any atom is -0.457 e. The van der Waals surface area contributed by atoms with E-state index in [0.29, 0.717) is 6.61 Å². The summed E-state index contributed by atoms with van der Waals surface area (Å²) in [5, 5.41) is 18.4. The van der Waals surface area contributed by atoms with Crippen LogP contribution < -0.4 is 0 Å². The van der Waals surface area contributed by atoms with Gasteiger partial charge in [0.2, 0.25) is 0 Å². The van der Waals surface area contributed by atoms with Crippen molar-refractivity contribution in [1.29, 1.82) is 0 Å². The van der Waals surface area contributed by atoms with E-state index in [4.69, 9.17) is 23.6 Å². The first-order chi connectivity index (χ1) is 27.8. The summed E-state index contributed by atoms with van der Waals surface area (Å²) in [5.74, 6) is -0.385. The minimum absolute atomic E-state index is 0.0522. The molecule has 0 aromatic rings. The molecule has 0 saturated carbocycles. The summed E-state index contributed by atoms with van der Waals surface area (Å²) in [6.07, 6.45) is 46.0. The lowest BCUT2D eigenvalue weighted by Gasteiger charge is -2.20. The second kappa shape index (κ2) is 44.7. The molecule has 0 aromatic carbocycles. The van der Waals surface area contributed by atoms with Crippen LogP contribution in [0.4, 0.5) is 0 Å². The summed E-state index contributed by atoms with van der Waals surface area (Å²) in [6.45, 7) is 3.56. The molecule has 10 heteroatoms. The molecule has 0 spiro atoms. The quantitative estimate of drug-likeness (QED) is 0.0237. The van der Waals surface area contributed by atoms with Gasteiger partial charge in [0.25, 0.3) is 0 Å². The second-order valence-electron chi connectivity index (χ2n) is 16.5. The van der Waals surface area contributed by atoms with Crippen molar-refractivity contribution in [3.63, 3.8) is 0 Å². The van der Waals surface area contributed by atoms with Gasteiger partial charge in [-0.1, -0.05) is 206 Å². The molecular weight excluding hydrogens is 739 g/mol. The third-order valence-corrected chi connectivity index (χ3v) is 11.7. The lowest BCUT2D eigenvalue weighted by atomic mass is 10.0. The molecule has 0 aliphatic heterocycles. The van der Waals surface area contributed by atoms with Gasteiger partial charge in [-0.15, -0.1) is 0 Å². The van der Waals surface area contributed by atoms with E-state index in [1.165, 1.54) is 167 Å². The standard InChI is InChI=1S/C47H93O9P/c1-3-5-7-9-11-13-15-17-19-21-22-23-24-26-28-30-32-34-36-38-40-53-43-46(44-55-57(51,52)54-42-45(49)41-48)56-47(50)39-37-35-33-31-29-27-25-20-18-16-14-12-10-8-6-4-2/h20,25,45-46,48-49H,3-19,21-24,26-44H2,1-2H3,(H,51,52)/b25-20-. The zero-order chi connectivity index (χ0) is 41.8. The zero-order valence-electron chi connectivity index (χ0n) is 37.3. The van der Waals surface area contributed by atoms with Crippen LogP contribution in [0.3, 0.4) is 0 Å². The van der Waals surface area contributed by atoms with E-state index in [-0.39, 0.29) is 25.6 Å². The first kappa shape index (κ1) is 56.2. The molecule has 0 aromatic heterocycles. The van der Waals surface area contributed by atoms with E-state index in [2.05, 4.69) is 26.0 Å². The number of hydrogen-bond donors (Lipinski definition) is 3. The summed E-state index contributed by atoms with van der Waals surface area (Å²) in [7, 11) is -4.52. The maximum Gasteiger partial charge on any atom is 0.472 e. The van der Waals surface area contributed by atoms with Gasteiger partial charge in [-0.3, -0.25) is 13.8 Å². The van der Waals surface area contributed by atoms with Crippen LogP contribution in [0, 0.1) is 0 Å². The number of carbonyl (C=O) groups is 1. The fourth-order valence-electron chi connectivity index (χ4n) is 7.00. The van der Waals surface area contributed by atoms with Crippen LogP contribution in [0.15, 0.2) is 12.2 Å². The minimum atomic E-state index is -4.52. The highest BCUT2D eigenvalue weighted by molar-refractivity contribution is 7.47. The normalized spacial score (nSPS) is 14.0. The van der Waals surface area contributed by atoms with Gasteiger partial charge in [0.15, 0.2) is 0 Å². The Labute approximate surface area is 351 Å². The number of aliphatic hydroxyl groups excluding tert-OH is 2. The Kier molecular flexibility index (Phi) is 44.1. The summed E-state index contributed by atoms with van der Waals surface area (Å²) >= 11 is 0. The molecule has 0 fully saturated rings. The molecule has 0 bridgehead atoms. The highest BCUT2D eigenvalue weighted by atomic mass is 31.2. The van der Waals surface area contributed by atoms with Gasteiger partial charge in [-0.2, -0.15) is 0 Å². The maximum atomic E-state index is 12.6. The number of allylic oxidation sites excluding steroid dienone is 2. The van der Waals surface area contributed by atoms with Crippen LogP contribution in [0.25, 0.3) is 0 Å². The van der Waals surface area contributed by atoms with Crippen LogP contribution in [-0.4, -0.2) is 66.3 Å². The first-order valence-corrected chi connectivity index (χ1v) is 25.7. The molecule has 3 atom stereocenters. The molecule has 0 rings (SSSR count). The van der Waals surface area contributed by atoms with Crippen molar-refractivity contribution in [1.82, 2.24) is 0 Å². The number of rotatable bonds is 47. The second-order valence-corrected chi connectivity index (χ2v) is 17.9. The van der Waals surface area contributed by atoms with E-state index in [9.17, 15) is 19.4 Å². The summed E-state index contributed by atoms with van der Waals surface area (Å²) in [6, 6.07) is 0. The Balaban J connectivity index is 4.07. The predicted molar refractivity (Wildman–Crippen MR) is 238 cm³/mol. The van der Waals surface area contributed by atoms with Crippen LogP contribution >= 0.6 is 7.82 Å². The smallest absolute Gasteiger partial charge is 0.457 e. The Morgan fingerprint density at radius 3 is 1.32 bits per heavy atom. The van der Waals surface area contributed by atoms with Crippen molar-refractivity contribution in [3.05, 3.63) is 12.2 Å². The maximum absolute atomic E-state index is 12.6. The Morgan fingerprint density at radius 2 is 0.895 bits per heavy atom. The number of carbonyl (C=O) groups excluding carboxylic acids is 1. The first-order valence-electron chi connectivity index (χ1n) is 24.2. The monoisotopic (exact) mass is 833 g/mol. The average molecular weight is 833 g/mol. The molecule has 57 heavy (non-hydrogen) atoms. The van der Waals surface area contributed by atoms with Gasteiger partial charge >= 0.3 is 13.8 Å². The van der Waals surface area contributed by atoms with Gasteiger partial charge in [-0.25, -0.2) is 4.57 Å². The number of phosphoric ester groups is 1. The van der Waals surface area contributed by atoms with E-state index in [1.807, 2.05) is 0 Å². The topological polar surface area (TPSA) is 132 Å². The average Bonchev–Trinajstić information content (AvgIpc) is 3.20. The van der Waals surface area contributed by atoms with Crippen molar-refractivity contribution in [3.8, 4) is 0 Å². The van der Waals surface area contributed by atoms with E-state index >= 15 is 0 Å².